The normalized spacial score (nSPS) is 10.1. The van der Waals surface area contributed by atoms with Crippen LogP contribution < -0.4 is 5.32 Å². The van der Waals surface area contributed by atoms with E-state index >= 15 is 0 Å². The number of aryl methyl sites for hydroxylation is 2. The fraction of sp³-hybridized carbons (Fsp3) is 0.182. The number of nitrogens with zero attached hydrogens (tertiary/aromatic N) is 2. The van der Waals surface area contributed by atoms with E-state index in [4.69, 9.17) is 0 Å². The minimum atomic E-state index is -0.220. The number of aromatic nitrogens is 2. The summed E-state index contributed by atoms with van der Waals surface area (Å²) in [5, 5.41) is 2.71. The Labute approximate surface area is 97.5 Å². The Bertz CT molecular complexity index is 521. The second-order valence-electron chi connectivity index (χ2n) is 3.44. The highest BCUT2D eigenvalue weighted by Crippen LogP contribution is 2.10. The summed E-state index contributed by atoms with van der Waals surface area (Å²) in [7, 11) is 0. The highest BCUT2D eigenvalue weighted by Gasteiger charge is 2.09. The third kappa shape index (κ3) is 2.43. The van der Waals surface area contributed by atoms with E-state index in [1.807, 2.05) is 26.0 Å². The Morgan fingerprint density at radius 2 is 2.19 bits per heavy atom. The van der Waals surface area contributed by atoms with Crippen LogP contribution in [0.5, 0.6) is 0 Å². The molecular weight excluding hydrogens is 222 g/mol. The summed E-state index contributed by atoms with van der Waals surface area (Å²) >= 11 is 1.32. The molecule has 1 amide bonds. The largest absolute Gasteiger partial charge is 0.305 e. The second-order valence-corrected chi connectivity index (χ2v) is 4.45. The van der Waals surface area contributed by atoms with Gasteiger partial charge in [0, 0.05) is 10.6 Å². The van der Waals surface area contributed by atoms with E-state index in [9.17, 15) is 4.79 Å². The lowest BCUT2D eigenvalue weighted by atomic mass is 10.3. The van der Waals surface area contributed by atoms with Crippen molar-refractivity contribution in [2.75, 3.05) is 5.32 Å². The van der Waals surface area contributed by atoms with Gasteiger partial charge in [-0.25, -0.2) is 4.98 Å². The molecule has 5 heteroatoms. The minimum absolute atomic E-state index is 0.220. The van der Waals surface area contributed by atoms with Crippen LogP contribution in [0.1, 0.15) is 21.1 Å². The van der Waals surface area contributed by atoms with E-state index in [-0.39, 0.29) is 5.91 Å². The molecule has 0 aliphatic rings. The quantitative estimate of drug-likeness (QED) is 0.866. The molecule has 0 saturated carbocycles. The lowest BCUT2D eigenvalue weighted by molar-refractivity contribution is 0.102. The van der Waals surface area contributed by atoms with E-state index < -0.39 is 0 Å². The number of rotatable bonds is 2. The Kier molecular flexibility index (Phi) is 2.96. The zero-order valence-corrected chi connectivity index (χ0v) is 9.84. The molecule has 0 saturated heterocycles. The van der Waals surface area contributed by atoms with Crippen LogP contribution in [0.15, 0.2) is 24.3 Å². The maximum atomic E-state index is 11.7. The van der Waals surface area contributed by atoms with Gasteiger partial charge in [0.05, 0.1) is 0 Å². The number of carbonyl (C=O) groups is 1. The van der Waals surface area contributed by atoms with Gasteiger partial charge >= 0.3 is 0 Å². The number of pyridine rings is 1. The zero-order chi connectivity index (χ0) is 11.5. The molecule has 2 aromatic heterocycles. The van der Waals surface area contributed by atoms with Crippen molar-refractivity contribution in [2.45, 2.75) is 13.8 Å². The SMILES string of the molecule is Cc1cccc(NC(=O)c2cc(C)sn2)n1. The Morgan fingerprint density at radius 1 is 1.38 bits per heavy atom. The van der Waals surface area contributed by atoms with Gasteiger partial charge in [0.2, 0.25) is 0 Å². The van der Waals surface area contributed by atoms with Gasteiger partial charge in [0.15, 0.2) is 0 Å². The van der Waals surface area contributed by atoms with E-state index in [0.717, 1.165) is 10.6 Å². The summed E-state index contributed by atoms with van der Waals surface area (Å²) in [4.78, 5) is 16.9. The van der Waals surface area contributed by atoms with Gasteiger partial charge in [-0.2, -0.15) is 4.37 Å². The fourth-order valence-electron chi connectivity index (χ4n) is 1.27. The highest BCUT2D eigenvalue weighted by atomic mass is 32.1. The molecule has 0 radical (unpaired) electrons. The molecule has 0 atom stereocenters. The van der Waals surface area contributed by atoms with Crippen molar-refractivity contribution in [3.63, 3.8) is 0 Å². The van der Waals surface area contributed by atoms with Crippen molar-refractivity contribution in [2.24, 2.45) is 0 Å². The molecule has 0 aliphatic heterocycles. The maximum Gasteiger partial charge on any atom is 0.276 e. The fourth-order valence-corrected chi connectivity index (χ4v) is 1.81. The van der Waals surface area contributed by atoms with Crippen LogP contribution in [0.2, 0.25) is 0 Å². The predicted molar refractivity (Wildman–Crippen MR) is 63.8 cm³/mol. The first-order valence-electron chi connectivity index (χ1n) is 4.83. The molecule has 82 valence electrons. The Hall–Kier alpha value is -1.75. The number of amides is 1. The molecule has 4 nitrogen and oxygen atoms in total. The summed E-state index contributed by atoms with van der Waals surface area (Å²) in [6.07, 6.45) is 0. The second kappa shape index (κ2) is 4.40. The van der Waals surface area contributed by atoms with Gasteiger partial charge in [-0.1, -0.05) is 6.07 Å². The first kappa shape index (κ1) is 10.8. The molecule has 0 aliphatic carbocycles. The van der Waals surface area contributed by atoms with Crippen LogP contribution in [0, 0.1) is 13.8 Å². The summed E-state index contributed by atoms with van der Waals surface area (Å²) in [5.41, 5.74) is 1.30. The van der Waals surface area contributed by atoms with Crippen molar-refractivity contribution in [3.8, 4) is 0 Å². The van der Waals surface area contributed by atoms with Gasteiger partial charge in [0.1, 0.15) is 11.5 Å². The molecule has 0 fully saturated rings. The van der Waals surface area contributed by atoms with Crippen molar-refractivity contribution < 1.29 is 4.79 Å². The maximum absolute atomic E-state index is 11.7. The standard InChI is InChI=1S/C11H11N3OS/c1-7-4-3-5-10(12-7)13-11(15)9-6-8(2)16-14-9/h3-6H,1-2H3,(H,12,13,15). The number of anilines is 1. The van der Waals surface area contributed by atoms with Crippen LogP contribution in [-0.4, -0.2) is 15.3 Å². The van der Waals surface area contributed by atoms with Crippen LogP contribution >= 0.6 is 11.5 Å². The van der Waals surface area contributed by atoms with Crippen LogP contribution in [0.3, 0.4) is 0 Å². The minimum Gasteiger partial charge on any atom is -0.305 e. The first-order valence-corrected chi connectivity index (χ1v) is 5.61. The van der Waals surface area contributed by atoms with Crippen LogP contribution in [0.4, 0.5) is 5.82 Å². The molecular formula is C11H11N3OS. The average Bonchev–Trinajstić information content (AvgIpc) is 2.65. The van der Waals surface area contributed by atoms with Crippen LogP contribution in [0.25, 0.3) is 0 Å². The molecule has 2 aromatic rings. The topological polar surface area (TPSA) is 54.9 Å². The molecule has 0 spiro atoms. The summed E-state index contributed by atoms with van der Waals surface area (Å²) in [6, 6.07) is 7.24. The monoisotopic (exact) mass is 233 g/mol. The number of hydrogen-bond donors (Lipinski definition) is 1. The molecule has 0 unspecified atom stereocenters. The van der Waals surface area contributed by atoms with E-state index in [0.29, 0.717) is 11.5 Å². The van der Waals surface area contributed by atoms with E-state index in [2.05, 4.69) is 14.7 Å². The van der Waals surface area contributed by atoms with Crippen molar-refractivity contribution in [1.29, 1.82) is 0 Å². The smallest absolute Gasteiger partial charge is 0.276 e. The van der Waals surface area contributed by atoms with Gasteiger partial charge in [-0.05, 0) is 43.6 Å². The summed E-state index contributed by atoms with van der Waals surface area (Å²) in [5.74, 6) is 0.332. The third-order valence-corrected chi connectivity index (χ3v) is 2.68. The predicted octanol–water partition coefficient (Wildman–Crippen LogP) is 2.41. The molecule has 2 rings (SSSR count). The van der Waals surface area contributed by atoms with Crippen LogP contribution in [-0.2, 0) is 0 Å². The van der Waals surface area contributed by atoms with Crippen molar-refractivity contribution >= 4 is 23.3 Å². The molecule has 0 aromatic carbocycles. The van der Waals surface area contributed by atoms with E-state index in [1.165, 1.54) is 11.5 Å². The lowest BCUT2D eigenvalue weighted by Crippen LogP contribution is -2.13. The lowest BCUT2D eigenvalue weighted by Gasteiger charge is -2.02. The van der Waals surface area contributed by atoms with Gasteiger partial charge in [0.25, 0.3) is 5.91 Å². The Balaban J connectivity index is 2.13. The molecule has 16 heavy (non-hydrogen) atoms. The number of hydrogen-bond acceptors (Lipinski definition) is 4. The van der Waals surface area contributed by atoms with Crippen molar-refractivity contribution in [3.05, 3.63) is 40.5 Å². The van der Waals surface area contributed by atoms with Gasteiger partial charge in [-0.15, -0.1) is 0 Å². The van der Waals surface area contributed by atoms with Crippen molar-refractivity contribution in [1.82, 2.24) is 9.36 Å². The zero-order valence-electron chi connectivity index (χ0n) is 9.02. The molecule has 1 N–H and O–H groups in total. The third-order valence-electron chi connectivity index (χ3n) is 1.99. The summed E-state index contributed by atoms with van der Waals surface area (Å²) < 4.78 is 4.04. The first-order chi connectivity index (χ1) is 7.65. The van der Waals surface area contributed by atoms with E-state index in [1.54, 1.807) is 12.1 Å². The summed E-state index contributed by atoms with van der Waals surface area (Å²) in [6.45, 7) is 3.79. The highest BCUT2D eigenvalue weighted by molar-refractivity contribution is 7.05. The average molecular weight is 233 g/mol. The Morgan fingerprint density at radius 3 is 2.81 bits per heavy atom. The number of nitrogens with one attached hydrogen (secondary N) is 1. The molecule has 2 heterocycles. The number of carbonyl (C=O) groups excluding carboxylic acids is 1. The van der Waals surface area contributed by atoms with Gasteiger partial charge < -0.3 is 5.32 Å². The molecule has 0 bridgehead atoms. The van der Waals surface area contributed by atoms with Gasteiger partial charge in [-0.3, -0.25) is 4.79 Å².